The van der Waals surface area contributed by atoms with E-state index in [1.165, 1.54) is 50.3 Å². The average Bonchev–Trinajstić information content (AvgIpc) is 2.93. The predicted octanol–water partition coefficient (Wildman–Crippen LogP) is 2.90. The normalized spacial score (nSPS) is 16.6. The zero-order chi connectivity index (χ0) is 19.7. The molecule has 1 atom stereocenters. The van der Waals surface area contributed by atoms with Crippen LogP contribution in [0.2, 0.25) is 0 Å². The van der Waals surface area contributed by atoms with Crippen LogP contribution in [0, 0.1) is 0 Å². The van der Waals surface area contributed by atoms with Gasteiger partial charge in [0.1, 0.15) is 17.2 Å². The Balaban J connectivity index is 2.25. The van der Waals surface area contributed by atoms with Crippen molar-refractivity contribution in [2.75, 3.05) is 19.1 Å². The van der Waals surface area contributed by atoms with Crippen molar-refractivity contribution in [1.82, 2.24) is 0 Å². The minimum Gasteiger partial charge on any atom is -0.508 e. The number of nitrogens with zero attached hydrogens (tertiary/aromatic N) is 1. The number of ketones is 1. The third-order valence-electron chi connectivity index (χ3n) is 4.45. The summed E-state index contributed by atoms with van der Waals surface area (Å²) in [5.41, 5.74) is 0.877. The number of ether oxygens (including phenoxy) is 2. The molecule has 0 aliphatic carbocycles. The number of hydrogen-bond acceptors (Lipinski definition) is 6. The first-order valence-electron chi connectivity index (χ1n) is 8.17. The summed E-state index contributed by atoms with van der Waals surface area (Å²) in [5.74, 6) is -0.767. The number of hydrogen-bond donors (Lipinski definition) is 2. The van der Waals surface area contributed by atoms with Crippen LogP contribution >= 0.6 is 0 Å². The molecular weight excluding hydrogens is 350 g/mol. The van der Waals surface area contributed by atoms with Gasteiger partial charge < -0.3 is 19.7 Å². The highest BCUT2D eigenvalue weighted by atomic mass is 16.5. The number of aliphatic hydroxyl groups excluding tert-OH is 1. The van der Waals surface area contributed by atoms with E-state index in [1.54, 1.807) is 18.2 Å². The number of phenols is 1. The summed E-state index contributed by atoms with van der Waals surface area (Å²) in [4.78, 5) is 26.3. The highest BCUT2D eigenvalue weighted by Gasteiger charge is 2.44. The number of Topliss-reactive ketones (excluding diaryl/α,β-unsaturated/α-hetero) is 1. The average molecular weight is 369 g/mol. The Labute approximate surface area is 156 Å². The molecule has 1 aliphatic heterocycles. The third-order valence-corrected chi connectivity index (χ3v) is 4.45. The minimum absolute atomic E-state index is 0.0281. The van der Waals surface area contributed by atoms with Crippen LogP contribution in [0.5, 0.6) is 17.2 Å². The van der Waals surface area contributed by atoms with Crippen LogP contribution in [0.15, 0.2) is 53.8 Å². The highest BCUT2D eigenvalue weighted by molar-refractivity contribution is 6.16. The van der Waals surface area contributed by atoms with Crippen molar-refractivity contribution in [2.45, 2.75) is 13.0 Å². The molecule has 7 heteroatoms. The van der Waals surface area contributed by atoms with Gasteiger partial charge in [0.05, 0.1) is 25.8 Å². The van der Waals surface area contributed by atoms with Crippen molar-refractivity contribution in [3.05, 3.63) is 59.4 Å². The lowest BCUT2D eigenvalue weighted by molar-refractivity contribution is -0.117. The van der Waals surface area contributed by atoms with Gasteiger partial charge in [-0.1, -0.05) is 0 Å². The first-order valence-corrected chi connectivity index (χ1v) is 8.17. The topological polar surface area (TPSA) is 96.3 Å². The maximum Gasteiger partial charge on any atom is 0.294 e. The summed E-state index contributed by atoms with van der Waals surface area (Å²) in [6.45, 7) is 1.29. The zero-order valence-electron chi connectivity index (χ0n) is 15.1. The summed E-state index contributed by atoms with van der Waals surface area (Å²) in [6, 6.07) is 10.0. The summed E-state index contributed by atoms with van der Waals surface area (Å²) in [6.07, 6.45) is 0. The van der Waals surface area contributed by atoms with Crippen molar-refractivity contribution in [1.29, 1.82) is 0 Å². The van der Waals surface area contributed by atoms with Gasteiger partial charge in [0.2, 0.25) is 0 Å². The Bertz CT molecular complexity index is 932. The molecule has 0 aromatic heterocycles. The number of aliphatic hydroxyl groups is 1. The Kier molecular flexibility index (Phi) is 4.77. The smallest absolute Gasteiger partial charge is 0.294 e. The molecule has 0 saturated carbocycles. The Hall–Kier alpha value is -3.48. The number of benzene rings is 2. The fraction of sp³-hybridized carbons (Fsp3) is 0.200. The third kappa shape index (κ3) is 3.08. The van der Waals surface area contributed by atoms with Crippen molar-refractivity contribution in [3.8, 4) is 17.2 Å². The molecule has 1 heterocycles. The molecule has 2 N–H and O–H groups in total. The number of carbonyl (C=O) groups excluding carboxylic acids is 2. The number of methoxy groups -OCH3 is 2. The quantitative estimate of drug-likeness (QED) is 0.841. The molecule has 0 spiro atoms. The summed E-state index contributed by atoms with van der Waals surface area (Å²) >= 11 is 0. The van der Waals surface area contributed by atoms with Crippen molar-refractivity contribution in [3.63, 3.8) is 0 Å². The summed E-state index contributed by atoms with van der Waals surface area (Å²) in [5, 5.41) is 19.9. The van der Waals surface area contributed by atoms with Crippen LogP contribution in [-0.2, 0) is 9.59 Å². The van der Waals surface area contributed by atoms with Gasteiger partial charge in [0.15, 0.2) is 11.5 Å². The van der Waals surface area contributed by atoms with E-state index in [2.05, 4.69) is 0 Å². The Morgan fingerprint density at radius 1 is 1.04 bits per heavy atom. The summed E-state index contributed by atoms with van der Waals surface area (Å²) in [7, 11) is 2.98. The van der Waals surface area contributed by atoms with Crippen LogP contribution in [0.3, 0.4) is 0 Å². The molecular formula is C20H19NO6. The van der Waals surface area contributed by atoms with E-state index >= 15 is 0 Å². The molecule has 140 valence electrons. The van der Waals surface area contributed by atoms with Crippen LogP contribution in [0.4, 0.5) is 5.69 Å². The second-order valence-electron chi connectivity index (χ2n) is 6.02. The van der Waals surface area contributed by atoms with Gasteiger partial charge in [-0.3, -0.25) is 14.5 Å². The Morgan fingerprint density at radius 3 is 2.26 bits per heavy atom. The molecule has 27 heavy (non-hydrogen) atoms. The van der Waals surface area contributed by atoms with Crippen LogP contribution in [-0.4, -0.2) is 36.1 Å². The monoisotopic (exact) mass is 369 g/mol. The Morgan fingerprint density at radius 2 is 1.70 bits per heavy atom. The molecule has 2 aromatic rings. The van der Waals surface area contributed by atoms with E-state index in [4.69, 9.17) is 9.47 Å². The number of rotatable bonds is 5. The van der Waals surface area contributed by atoms with Gasteiger partial charge in [0.25, 0.3) is 5.91 Å². The molecule has 0 unspecified atom stereocenters. The van der Waals surface area contributed by atoms with Gasteiger partial charge in [0, 0.05) is 11.3 Å². The van der Waals surface area contributed by atoms with Gasteiger partial charge in [-0.2, -0.15) is 0 Å². The first kappa shape index (κ1) is 18.3. The minimum atomic E-state index is -0.899. The van der Waals surface area contributed by atoms with E-state index < -0.39 is 23.5 Å². The SMILES string of the molecule is COc1ccc(OC)c([C@@H]2C(C(C)=O)=C(O)C(=O)N2c2ccc(O)cc2)c1. The van der Waals surface area contributed by atoms with Crippen LogP contribution < -0.4 is 14.4 Å². The van der Waals surface area contributed by atoms with Gasteiger partial charge in [-0.15, -0.1) is 0 Å². The number of carbonyl (C=O) groups is 2. The number of anilines is 1. The lowest BCUT2D eigenvalue weighted by atomic mass is 9.95. The van der Waals surface area contributed by atoms with Crippen molar-refractivity contribution in [2.24, 2.45) is 0 Å². The molecule has 0 fully saturated rings. The van der Waals surface area contributed by atoms with E-state index in [0.717, 1.165) is 0 Å². The van der Waals surface area contributed by atoms with E-state index in [9.17, 15) is 19.8 Å². The van der Waals surface area contributed by atoms with Crippen LogP contribution in [0.1, 0.15) is 18.5 Å². The van der Waals surface area contributed by atoms with Gasteiger partial charge >= 0.3 is 0 Å². The predicted molar refractivity (Wildman–Crippen MR) is 98.2 cm³/mol. The fourth-order valence-corrected chi connectivity index (χ4v) is 3.19. The van der Waals surface area contributed by atoms with Gasteiger partial charge in [-0.25, -0.2) is 0 Å². The molecule has 2 aromatic carbocycles. The van der Waals surface area contributed by atoms with Crippen LogP contribution in [0.25, 0.3) is 0 Å². The van der Waals surface area contributed by atoms with E-state index in [0.29, 0.717) is 22.7 Å². The molecule has 0 bridgehead atoms. The second kappa shape index (κ2) is 7.03. The molecule has 1 aliphatic rings. The lowest BCUT2D eigenvalue weighted by Gasteiger charge is -2.28. The maximum absolute atomic E-state index is 12.8. The van der Waals surface area contributed by atoms with Gasteiger partial charge in [-0.05, 0) is 49.4 Å². The highest BCUT2D eigenvalue weighted by Crippen LogP contribution is 2.45. The summed E-state index contributed by atoms with van der Waals surface area (Å²) < 4.78 is 10.7. The van der Waals surface area contributed by atoms with Crippen molar-refractivity contribution >= 4 is 17.4 Å². The fourth-order valence-electron chi connectivity index (χ4n) is 3.19. The molecule has 7 nitrogen and oxygen atoms in total. The molecule has 0 radical (unpaired) electrons. The molecule has 1 amide bonds. The molecule has 3 rings (SSSR count). The second-order valence-corrected chi connectivity index (χ2v) is 6.02. The lowest BCUT2D eigenvalue weighted by Crippen LogP contribution is -2.31. The van der Waals surface area contributed by atoms with E-state index in [-0.39, 0.29) is 11.3 Å². The first-order chi connectivity index (χ1) is 12.9. The van der Waals surface area contributed by atoms with Crippen molar-refractivity contribution < 1.29 is 29.3 Å². The van der Waals surface area contributed by atoms with E-state index in [1.807, 2.05) is 0 Å². The largest absolute Gasteiger partial charge is 0.508 e. The maximum atomic E-state index is 12.8. The zero-order valence-corrected chi connectivity index (χ0v) is 15.1. The molecule has 0 saturated heterocycles. The number of phenolic OH excluding ortho intramolecular Hbond substituents is 1. The number of aromatic hydroxyl groups is 1. The number of amides is 1. The standard InChI is InChI=1S/C20H19NO6/c1-11(22)17-18(15-10-14(26-2)8-9-16(15)27-3)21(20(25)19(17)24)12-4-6-13(23)7-5-12/h4-10,18,23-24H,1-3H3/t18-/m1/s1.